The number of hydrogen-bond acceptors (Lipinski definition) is 6. The van der Waals surface area contributed by atoms with Gasteiger partial charge in [-0.2, -0.15) is 0 Å². The van der Waals surface area contributed by atoms with Crippen molar-refractivity contribution in [2.45, 2.75) is 0 Å². The first-order chi connectivity index (χ1) is 10.1. The summed E-state index contributed by atoms with van der Waals surface area (Å²) in [4.78, 5) is 12.5. The molecule has 8 heteroatoms. The largest absolute Gasteiger partial charge is 0.366 e. The molecular formula is C13H8Cl2N6. The summed E-state index contributed by atoms with van der Waals surface area (Å²) in [6.45, 7) is 0. The Hall–Kier alpha value is -2.31. The molecule has 21 heavy (non-hydrogen) atoms. The molecular weight excluding hydrogens is 311 g/mol. The number of nitrogens with two attached hydrogens (primary N) is 1. The van der Waals surface area contributed by atoms with Gasteiger partial charge in [-0.3, -0.25) is 0 Å². The summed E-state index contributed by atoms with van der Waals surface area (Å²) in [5.74, 6) is 0.430. The summed E-state index contributed by atoms with van der Waals surface area (Å²) in [5, 5.41) is 8.81. The summed E-state index contributed by atoms with van der Waals surface area (Å²) < 4.78 is 0. The van der Waals surface area contributed by atoms with Gasteiger partial charge >= 0.3 is 0 Å². The van der Waals surface area contributed by atoms with Crippen LogP contribution in [0.5, 0.6) is 0 Å². The molecule has 2 N–H and O–H groups in total. The summed E-state index contributed by atoms with van der Waals surface area (Å²) in [6, 6.07) is 6.75. The monoisotopic (exact) mass is 318 g/mol. The van der Waals surface area contributed by atoms with Crippen LogP contribution < -0.4 is 5.73 Å². The third-order valence-corrected chi connectivity index (χ3v) is 3.05. The maximum Gasteiger partial charge on any atom is 0.240 e. The summed E-state index contributed by atoms with van der Waals surface area (Å²) in [7, 11) is 0. The first kappa shape index (κ1) is 13.7. The first-order valence-corrected chi connectivity index (χ1v) is 6.63. The van der Waals surface area contributed by atoms with E-state index in [2.05, 4.69) is 25.1 Å². The molecule has 0 aliphatic carbocycles. The minimum Gasteiger partial charge on any atom is -0.366 e. The fourth-order valence-corrected chi connectivity index (χ4v) is 2.33. The summed E-state index contributed by atoms with van der Waals surface area (Å²) >= 11 is 12.0. The van der Waals surface area contributed by atoms with Crippen LogP contribution in [0, 0.1) is 0 Å². The second kappa shape index (κ2) is 5.59. The van der Waals surface area contributed by atoms with E-state index < -0.39 is 0 Å². The average Bonchev–Trinajstić information content (AvgIpc) is 2.47. The van der Waals surface area contributed by atoms with Crippen LogP contribution in [-0.2, 0) is 0 Å². The van der Waals surface area contributed by atoms with Crippen molar-refractivity contribution in [3.05, 3.63) is 46.7 Å². The molecule has 104 valence electrons. The van der Waals surface area contributed by atoms with Crippen molar-refractivity contribution in [3.8, 4) is 22.8 Å². The maximum atomic E-state index is 6.02. The third kappa shape index (κ3) is 2.91. The van der Waals surface area contributed by atoms with Crippen molar-refractivity contribution in [1.29, 1.82) is 0 Å². The Labute approximate surface area is 130 Å². The Bertz CT molecular complexity index is 774. The van der Waals surface area contributed by atoms with E-state index in [0.717, 1.165) is 0 Å². The number of anilines is 1. The lowest BCUT2D eigenvalue weighted by molar-refractivity contribution is 0.984. The quantitative estimate of drug-likeness (QED) is 0.781. The molecule has 0 spiro atoms. The highest BCUT2D eigenvalue weighted by molar-refractivity contribution is 6.35. The topological polar surface area (TPSA) is 90.5 Å². The molecule has 0 amide bonds. The van der Waals surface area contributed by atoms with Gasteiger partial charge in [0.15, 0.2) is 5.82 Å². The Morgan fingerprint density at radius 3 is 2.19 bits per heavy atom. The van der Waals surface area contributed by atoms with Gasteiger partial charge in [0.25, 0.3) is 0 Å². The molecule has 0 aliphatic rings. The van der Waals surface area contributed by atoms with Gasteiger partial charge in [-0.05, 0) is 24.3 Å². The first-order valence-electron chi connectivity index (χ1n) is 5.87. The van der Waals surface area contributed by atoms with E-state index in [4.69, 9.17) is 28.9 Å². The minimum atomic E-state index is 0.0364. The van der Waals surface area contributed by atoms with E-state index >= 15 is 0 Å². The number of rotatable bonds is 2. The van der Waals surface area contributed by atoms with Gasteiger partial charge in [0.05, 0.1) is 0 Å². The highest BCUT2D eigenvalue weighted by atomic mass is 35.5. The van der Waals surface area contributed by atoms with Gasteiger partial charge in [0, 0.05) is 28.0 Å². The van der Waals surface area contributed by atoms with Gasteiger partial charge in [-0.15, -0.1) is 10.2 Å². The van der Waals surface area contributed by atoms with Crippen LogP contribution in [0.25, 0.3) is 22.8 Å². The number of nitrogen functional groups attached to an aromatic ring is 1. The molecule has 0 saturated carbocycles. The van der Waals surface area contributed by atoms with Crippen LogP contribution in [-0.4, -0.2) is 25.1 Å². The van der Waals surface area contributed by atoms with E-state index in [-0.39, 0.29) is 5.95 Å². The molecule has 2 aromatic heterocycles. The minimum absolute atomic E-state index is 0.0364. The van der Waals surface area contributed by atoms with Gasteiger partial charge in [-0.25, -0.2) is 15.0 Å². The lowest BCUT2D eigenvalue weighted by Gasteiger charge is -2.07. The van der Waals surface area contributed by atoms with Crippen molar-refractivity contribution in [3.63, 3.8) is 0 Å². The van der Waals surface area contributed by atoms with Crippen LogP contribution in [0.1, 0.15) is 0 Å². The maximum absolute atomic E-state index is 6.02. The third-order valence-electron chi connectivity index (χ3n) is 2.62. The van der Waals surface area contributed by atoms with E-state index in [1.165, 1.54) is 0 Å². The van der Waals surface area contributed by atoms with E-state index in [0.29, 0.717) is 32.8 Å². The van der Waals surface area contributed by atoms with Gasteiger partial charge < -0.3 is 5.73 Å². The molecule has 6 nitrogen and oxygen atoms in total. The van der Waals surface area contributed by atoms with Crippen LogP contribution >= 0.6 is 23.2 Å². The Morgan fingerprint density at radius 2 is 1.52 bits per heavy atom. The molecule has 3 aromatic rings. The Balaban J connectivity index is 2.23. The predicted molar refractivity (Wildman–Crippen MR) is 80.7 cm³/mol. The van der Waals surface area contributed by atoms with Gasteiger partial charge in [0.2, 0.25) is 5.95 Å². The molecule has 0 aliphatic heterocycles. The highest BCUT2D eigenvalue weighted by Gasteiger charge is 2.15. The van der Waals surface area contributed by atoms with E-state index in [9.17, 15) is 0 Å². The molecule has 0 atom stereocenters. The second-order valence-electron chi connectivity index (χ2n) is 4.10. The van der Waals surface area contributed by atoms with Crippen LogP contribution in [0.3, 0.4) is 0 Å². The zero-order valence-electron chi connectivity index (χ0n) is 10.5. The van der Waals surface area contributed by atoms with Gasteiger partial charge in [-0.1, -0.05) is 23.2 Å². The molecule has 0 saturated heterocycles. The summed E-state index contributed by atoms with van der Waals surface area (Å²) in [6.07, 6.45) is 3.21. The number of benzene rings is 1. The Kier molecular flexibility index (Phi) is 3.64. The van der Waals surface area contributed by atoms with E-state index in [1.54, 1.807) is 36.7 Å². The van der Waals surface area contributed by atoms with Crippen molar-refractivity contribution in [1.82, 2.24) is 25.1 Å². The standard InChI is InChI=1S/C13H8Cl2N6/c14-8-4-7(5-9(15)6-8)10-11(19-13(16)21-20-10)12-17-2-1-3-18-12/h1-6H,(H2,16,19,21). The van der Waals surface area contributed by atoms with Crippen molar-refractivity contribution in [2.24, 2.45) is 0 Å². The number of hydrogen-bond donors (Lipinski definition) is 1. The fraction of sp³-hybridized carbons (Fsp3) is 0. The van der Waals surface area contributed by atoms with Crippen LogP contribution in [0.4, 0.5) is 5.95 Å². The lowest BCUT2D eigenvalue weighted by Crippen LogP contribution is -2.04. The zero-order chi connectivity index (χ0) is 14.8. The average molecular weight is 319 g/mol. The second-order valence-corrected chi connectivity index (χ2v) is 4.97. The molecule has 3 rings (SSSR count). The summed E-state index contributed by atoms with van der Waals surface area (Å²) in [5.41, 5.74) is 7.15. The van der Waals surface area contributed by atoms with Crippen molar-refractivity contribution in [2.75, 3.05) is 5.73 Å². The number of aromatic nitrogens is 5. The normalized spacial score (nSPS) is 10.6. The van der Waals surface area contributed by atoms with Gasteiger partial charge in [0.1, 0.15) is 11.4 Å². The predicted octanol–water partition coefficient (Wildman–Crippen LogP) is 2.88. The zero-order valence-corrected chi connectivity index (χ0v) is 12.0. The molecule has 0 fully saturated rings. The number of nitrogens with zero attached hydrogens (tertiary/aromatic N) is 5. The molecule has 1 aromatic carbocycles. The Morgan fingerprint density at radius 1 is 0.857 bits per heavy atom. The van der Waals surface area contributed by atoms with Crippen molar-refractivity contribution >= 4 is 29.2 Å². The van der Waals surface area contributed by atoms with Crippen LogP contribution in [0.2, 0.25) is 10.0 Å². The van der Waals surface area contributed by atoms with Crippen molar-refractivity contribution < 1.29 is 0 Å². The number of halogens is 2. The van der Waals surface area contributed by atoms with Crippen LogP contribution in [0.15, 0.2) is 36.7 Å². The smallest absolute Gasteiger partial charge is 0.240 e. The molecule has 0 unspecified atom stereocenters. The van der Waals surface area contributed by atoms with E-state index in [1.807, 2.05) is 0 Å². The molecule has 2 heterocycles. The fourth-order valence-electron chi connectivity index (χ4n) is 1.80. The molecule has 0 radical (unpaired) electrons. The SMILES string of the molecule is Nc1nnc(-c2cc(Cl)cc(Cl)c2)c(-c2ncccn2)n1. The lowest BCUT2D eigenvalue weighted by atomic mass is 10.1. The highest BCUT2D eigenvalue weighted by Crippen LogP contribution is 2.30. The molecule has 0 bridgehead atoms.